The van der Waals surface area contributed by atoms with Gasteiger partial charge in [0.05, 0.1) is 43.1 Å². The lowest BCUT2D eigenvalue weighted by Gasteiger charge is -2.49. The quantitative estimate of drug-likeness (QED) is 0.609. The highest BCUT2D eigenvalue weighted by Crippen LogP contribution is 2.32. The summed E-state index contributed by atoms with van der Waals surface area (Å²) in [6.45, 7) is 2.86. The minimum absolute atomic E-state index is 0.104. The highest BCUT2D eigenvalue weighted by Gasteiger charge is 2.40. The molecule has 3 N–H and O–H groups in total. The minimum Gasteiger partial charge on any atom is -0.495 e. The summed E-state index contributed by atoms with van der Waals surface area (Å²) in [5.41, 5.74) is 7.19. The Kier molecular flexibility index (Phi) is 7.35. The summed E-state index contributed by atoms with van der Waals surface area (Å²) in [5, 5.41) is 2.82. The molecule has 2 unspecified atom stereocenters. The molecule has 0 aromatic heterocycles. The molecule has 0 radical (unpaired) electrons. The molecule has 2 fully saturated rings. The molecule has 34 heavy (non-hydrogen) atoms. The monoisotopic (exact) mass is 488 g/mol. The Morgan fingerprint density at radius 2 is 1.91 bits per heavy atom. The number of primary amides is 1. The summed E-state index contributed by atoms with van der Waals surface area (Å²) >= 11 is 6.16. The van der Waals surface area contributed by atoms with Gasteiger partial charge in [-0.15, -0.1) is 0 Å². The third-order valence-electron chi connectivity index (χ3n) is 5.91. The van der Waals surface area contributed by atoms with Crippen LogP contribution in [0.4, 0.5) is 14.9 Å². The zero-order chi connectivity index (χ0) is 24.2. The van der Waals surface area contributed by atoms with E-state index in [0.717, 1.165) is 5.56 Å². The van der Waals surface area contributed by atoms with Gasteiger partial charge in [-0.2, -0.15) is 0 Å². The van der Waals surface area contributed by atoms with Crippen LogP contribution in [0.1, 0.15) is 11.1 Å². The second kappa shape index (κ2) is 10.4. The van der Waals surface area contributed by atoms with E-state index in [4.69, 9.17) is 26.8 Å². The summed E-state index contributed by atoms with van der Waals surface area (Å²) < 4.78 is 24.2. The van der Waals surface area contributed by atoms with Gasteiger partial charge in [-0.05, 0) is 35.9 Å². The molecule has 2 aromatic carbocycles. The molecular formula is C24H26ClFN4O4. The molecule has 0 aliphatic carbocycles. The molecule has 2 aliphatic rings. The molecule has 2 bridgehead atoms. The number of nitrogens with one attached hydrogen (secondary N) is 1. The van der Waals surface area contributed by atoms with Crippen LogP contribution < -0.4 is 15.8 Å². The minimum atomic E-state index is -0.744. The first-order valence-corrected chi connectivity index (χ1v) is 11.2. The number of ether oxygens (including phenoxy) is 2. The molecule has 8 nitrogen and oxygen atoms in total. The van der Waals surface area contributed by atoms with Gasteiger partial charge in [0.2, 0.25) is 5.91 Å². The van der Waals surface area contributed by atoms with Crippen LogP contribution in [0.2, 0.25) is 5.02 Å². The van der Waals surface area contributed by atoms with Gasteiger partial charge < -0.3 is 25.4 Å². The Bertz CT molecular complexity index is 1080. The topological polar surface area (TPSA) is 97.1 Å². The van der Waals surface area contributed by atoms with Gasteiger partial charge in [0.1, 0.15) is 11.6 Å². The highest BCUT2D eigenvalue weighted by atomic mass is 35.5. The van der Waals surface area contributed by atoms with Gasteiger partial charge in [-0.1, -0.05) is 23.7 Å². The van der Waals surface area contributed by atoms with Crippen LogP contribution in [0.5, 0.6) is 5.75 Å². The highest BCUT2D eigenvalue weighted by molar-refractivity contribution is 6.32. The summed E-state index contributed by atoms with van der Waals surface area (Å²) in [6, 6.07) is 8.66. The van der Waals surface area contributed by atoms with Crippen LogP contribution in [0.15, 0.2) is 42.5 Å². The number of amides is 3. The van der Waals surface area contributed by atoms with Gasteiger partial charge in [0.25, 0.3) is 0 Å². The largest absolute Gasteiger partial charge is 0.495 e. The average Bonchev–Trinajstić information content (AvgIpc) is 2.79. The lowest BCUT2D eigenvalue weighted by Crippen LogP contribution is -2.65. The predicted molar refractivity (Wildman–Crippen MR) is 127 cm³/mol. The number of hydrogen-bond acceptors (Lipinski definition) is 5. The molecule has 3 amide bonds. The number of carbonyl (C=O) groups excluding carboxylic acids is 2. The molecule has 10 heteroatoms. The van der Waals surface area contributed by atoms with E-state index in [1.54, 1.807) is 24.3 Å². The van der Waals surface area contributed by atoms with Crippen LogP contribution in [-0.4, -0.2) is 67.2 Å². The fourth-order valence-electron chi connectivity index (χ4n) is 4.44. The van der Waals surface area contributed by atoms with Crippen molar-refractivity contribution in [1.82, 2.24) is 9.80 Å². The zero-order valence-corrected chi connectivity index (χ0v) is 19.4. The first-order valence-electron chi connectivity index (χ1n) is 10.8. The molecule has 2 aliphatic heterocycles. The molecular weight excluding hydrogens is 463 g/mol. The van der Waals surface area contributed by atoms with Crippen LogP contribution >= 0.6 is 11.6 Å². The van der Waals surface area contributed by atoms with Gasteiger partial charge in [-0.3, -0.25) is 9.69 Å². The second-order valence-electron chi connectivity index (χ2n) is 8.31. The zero-order valence-electron chi connectivity index (χ0n) is 18.7. The lowest BCUT2D eigenvalue weighted by molar-refractivity contribution is -0.150. The number of urea groups is 1. The number of carbonyl (C=O) groups is 2. The maximum absolute atomic E-state index is 13.2. The number of benzene rings is 2. The van der Waals surface area contributed by atoms with Crippen LogP contribution in [-0.2, 0) is 16.1 Å². The van der Waals surface area contributed by atoms with Gasteiger partial charge in [-0.25, -0.2) is 9.18 Å². The number of fused-ring (bicyclic) bond motifs is 2. The number of hydrogen-bond donors (Lipinski definition) is 2. The summed E-state index contributed by atoms with van der Waals surface area (Å²) in [7, 11) is 1.48. The molecule has 2 saturated heterocycles. The molecule has 2 heterocycles. The summed E-state index contributed by atoms with van der Waals surface area (Å²) in [4.78, 5) is 28.7. The Hall–Kier alpha value is -3.14. The summed E-state index contributed by atoms with van der Waals surface area (Å²) in [5.74, 6) is -0.00847. The van der Waals surface area contributed by atoms with Crippen molar-refractivity contribution in [2.45, 2.75) is 18.6 Å². The summed E-state index contributed by atoms with van der Waals surface area (Å²) in [6.07, 6.45) is 3.07. The smallest absolute Gasteiger partial charge is 0.316 e. The van der Waals surface area contributed by atoms with Crippen LogP contribution in [0.25, 0.3) is 6.08 Å². The normalized spacial score (nSPS) is 20.4. The molecule has 2 aromatic rings. The first kappa shape index (κ1) is 24.0. The van der Waals surface area contributed by atoms with Crippen LogP contribution in [0.3, 0.4) is 0 Å². The van der Waals surface area contributed by atoms with Crippen molar-refractivity contribution in [1.29, 1.82) is 0 Å². The number of nitrogens with two attached hydrogens (primary N) is 1. The van der Waals surface area contributed by atoms with Crippen LogP contribution in [0, 0.1) is 5.82 Å². The van der Waals surface area contributed by atoms with Crippen molar-refractivity contribution in [3.63, 3.8) is 0 Å². The average molecular weight is 489 g/mol. The van der Waals surface area contributed by atoms with E-state index in [9.17, 15) is 14.0 Å². The fraction of sp³-hybridized carbons (Fsp3) is 0.333. The standard InChI is InChI=1S/C24H26ClFN4O4/c1-33-22-8-16(21(9-20(22)25)28-24(27)32)4-7-23(31)30-18-11-29(12-19(30)14-34-13-18)10-15-2-5-17(26)6-3-15/h2-9,18-19H,10-14H2,1H3,(H3,27,28,32). The van der Waals surface area contributed by atoms with Gasteiger partial charge >= 0.3 is 6.03 Å². The van der Waals surface area contributed by atoms with E-state index in [0.29, 0.717) is 54.9 Å². The van der Waals surface area contributed by atoms with Crippen molar-refractivity contribution in [3.05, 3.63) is 64.4 Å². The Morgan fingerprint density at radius 1 is 1.24 bits per heavy atom. The van der Waals surface area contributed by atoms with E-state index >= 15 is 0 Å². The number of methoxy groups -OCH3 is 1. The Morgan fingerprint density at radius 3 is 2.53 bits per heavy atom. The van der Waals surface area contributed by atoms with E-state index in [2.05, 4.69) is 10.2 Å². The number of nitrogens with zero attached hydrogens (tertiary/aromatic N) is 2. The number of anilines is 1. The molecule has 0 saturated carbocycles. The molecule has 180 valence electrons. The van der Waals surface area contributed by atoms with E-state index in [-0.39, 0.29) is 23.8 Å². The van der Waals surface area contributed by atoms with Gasteiger partial charge in [0, 0.05) is 31.3 Å². The second-order valence-corrected chi connectivity index (χ2v) is 8.71. The third kappa shape index (κ3) is 5.49. The van der Waals surface area contributed by atoms with E-state index in [1.807, 2.05) is 4.90 Å². The van der Waals surface area contributed by atoms with Crippen molar-refractivity contribution in [2.75, 3.05) is 38.7 Å². The maximum atomic E-state index is 13.2. The number of morpholine rings is 1. The molecule has 4 rings (SSSR count). The Labute approximate surface area is 202 Å². The van der Waals surface area contributed by atoms with E-state index in [1.165, 1.54) is 31.4 Å². The van der Waals surface area contributed by atoms with Crippen molar-refractivity contribution >= 4 is 35.3 Å². The predicted octanol–water partition coefficient (Wildman–Crippen LogP) is 3.10. The fourth-order valence-corrected chi connectivity index (χ4v) is 4.68. The van der Waals surface area contributed by atoms with E-state index < -0.39 is 6.03 Å². The first-order chi connectivity index (χ1) is 16.3. The third-order valence-corrected chi connectivity index (χ3v) is 6.20. The maximum Gasteiger partial charge on any atom is 0.316 e. The molecule has 2 atom stereocenters. The number of piperazine rings is 1. The van der Waals surface area contributed by atoms with Gasteiger partial charge in [0.15, 0.2) is 0 Å². The number of halogens is 2. The van der Waals surface area contributed by atoms with Crippen molar-refractivity contribution in [2.24, 2.45) is 5.73 Å². The Balaban J connectivity index is 1.49. The van der Waals surface area contributed by atoms with Crippen molar-refractivity contribution in [3.8, 4) is 5.75 Å². The number of rotatable bonds is 6. The SMILES string of the molecule is COc1cc(C=CC(=O)N2C3COCC2CN(Cc2ccc(F)cc2)C3)c(NC(N)=O)cc1Cl. The van der Waals surface area contributed by atoms with Crippen molar-refractivity contribution < 1.29 is 23.5 Å². The lowest BCUT2D eigenvalue weighted by atomic mass is 10.0. The molecule has 0 spiro atoms.